The molecule has 1 saturated carbocycles. The minimum Gasteiger partial charge on any atom is -0.317 e. The molecule has 0 radical (unpaired) electrons. The Morgan fingerprint density at radius 1 is 1.07 bits per heavy atom. The summed E-state index contributed by atoms with van der Waals surface area (Å²) in [5, 5.41) is 16.1. The summed E-state index contributed by atoms with van der Waals surface area (Å²) >= 11 is 0. The van der Waals surface area contributed by atoms with Gasteiger partial charge in [-0.25, -0.2) is 0 Å². The average molecular weight is 207 g/mol. The maximum atomic E-state index is 9.02. The lowest BCUT2D eigenvalue weighted by Gasteiger charge is -2.23. The molecule has 1 heterocycles. The first kappa shape index (κ1) is 10.9. The van der Waals surface area contributed by atoms with Gasteiger partial charge in [-0.1, -0.05) is 6.42 Å². The standard InChI is InChI=1S/C12H21N3/c13-9-10-3-1-5-12(10)15-11-4-2-7-14-8-6-11/h10-12,14-15H,1-8H2. The quantitative estimate of drug-likeness (QED) is 0.720. The summed E-state index contributed by atoms with van der Waals surface area (Å²) < 4.78 is 0. The van der Waals surface area contributed by atoms with Crippen LogP contribution >= 0.6 is 0 Å². The summed E-state index contributed by atoms with van der Waals surface area (Å²) in [5.74, 6) is 0.265. The van der Waals surface area contributed by atoms with Crippen LogP contribution in [0.5, 0.6) is 0 Å². The first-order chi connectivity index (χ1) is 7.40. The van der Waals surface area contributed by atoms with Gasteiger partial charge in [-0.2, -0.15) is 5.26 Å². The van der Waals surface area contributed by atoms with Gasteiger partial charge in [0.1, 0.15) is 0 Å². The molecule has 3 nitrogen and oxygen atoms in total. The Morgan fingerprint density at radius 3 is 2.87 bits per heavy atom. The lowest BCUT2D eigenvalue weighted by atomic mass is 10.0. The van der Waals surface area contributed by atoms with E-state index >= 15 is 0 Å². The van der Waals surface area contributed by atoms with Gasteiger partial charge in [-0.3, -0.25) is 0 Å². The zero-order valence-corrected chi connectivity index (χ0v) is 9.34. The minimum absolute atomic E-state index is 0.265. The Kier molecular flexibility index (Phi) is 3.99. The zero-order valence-electron chi connectivity index (χ0n) is 9.34. The smallest absolute Gasteiger partial charge is 0.0672 e. The Labute approximate surface area is 92.2 Å². The summed E-state index contributed by atoms with van der Waals surface area (Å²) in [5.41, 5.74) is 0. The maximum absolute atomic E-state index is 9.02. The average Bonchev–Trinajstić information content (AvgIpc) is 2.53. The summed E-state index contributed by atoms with van der Waals surface area (Å²) in [6, 6.07) is 3.55. The molecule has 3 heteroatoms. The Morgan fingerprint density at radius 2 is 2.00 bits per heavy atom. The van der Waals surface area contributed by atoms with Gasteiger partial charge < -0.3 is 10.6 Å². The van der Waals surface area contributed by atoms with Gasteiger partial charge in [-0.15, -0.1) is 0 Å². The van der Waals surface area contributed by atoms with E-state index in [9.17, 15) is 0 Å². The third-order valence-electron chi connectivity index (χ3n) is 3.71. The van der Waals surface area contributed by atoms with E-state index in [1.807, 2.05) is 0 Å². The fourth-order valence-corrected chi connectivity index (χ4v) is 2.80. The van der Waals surface area contributed by atoms with Crippen molar-refractivity contribution in [2.75, 3.05) is 13.1 Å². The first-order valence-corrected chi connectivity index (χ1v) is 6.26. The first-order valence-electron chi connectivity index (χ1n) is 6.26. The highest BCUT2D eigenvalue weighted by atomic mass is 15.0. The van der Waals surface area contributed by atoms with Crippen LogP contribution in [0.15, 0.2) is 0 Å². The number of nitrogens with zero attached hydrogens (tertiary/aromatic N) is 1. The van der Waals surface area contributed by atoms with Crippen molar-refractivity contribution in [3.63, 3.8) is 0 Å². The van der Waals surface area contributed by atoms with Crippen LogP contribution in [0.4, 0.5) is 0 Å². The van der Waals surface area contributed by atoms with Crippen LogP contribution in [0.1, 0.15) is 38.5 Å². The van der Waals surface area contributed by atoms with Gasteiger partial charge >= 0.3 is 0 Å². The molecule has 2 fully saturated rings. The molecule has 1 saturated heterocycles. The molecule has 2 aliphatic rings. The number of hydrogen-bond donors (Lipinski definition) is 2. The number of nitriles is 1. The Balaban J connectivity index is 1.82. The van der Waals surface area contributed by atoms with E-state index in [4.69, 9.17) is 5.26 Å². The predicted octanol–water partition coefficient (Wildman–Crippen LogP) is 1.41. The molecule has 0 bridgehead atoms. The second kappa shape index (κ2) is 5.48. The fourth-order valence-electron chi connectivity index (χ4n) is 2.80. The normalized spacial score (nSPS) is 37.1. The lowest BCUT2D eigenvalue weighted by molar-refractivity contribution is 0.373. The number of nitrogens with one attached hydrogen (secondary N) is 2. The maximum Gasteiger partial charge on any atom is 0.0672 e. The van der Waals surface area contributed by atoms with Crippen molar-refractivity contribution in [1.29, 1.82) is 5.26 Å². The molecule has 0 spiro atoms. The van der Waals surface area contributed by atoms with Crippen molar-refractivity contribution in [2.45, 2.75) is 50.6 Å². The van der Waals surface area contributed by atoms with Crippen LogP contribution in [0.2, 0.25) is 0 Å². The van der Waals surface area contributed by atoms with Gasteiger partial charge in [-0.05, 0) is 45.2 Å². The van der Waals surface area contributed by atoms with Crippen molar-refractivity contribution in [3.8, 4) is 6.07 Å². The topological polar surface area (TPSA) is 47.9 Å². The van der Waals surface area contributed by atoms with Gasteiger partial charge in [0.2, 0.25) is 0 Å². The molecule has 0 aromatic rings. The predicted molar refractivity (Wildman–Crippen MR) is 60.4 cm³/mol. The second-order valence-electron chi connectivity index (χ2n) is 4.82. The van der Waals surface area contributed by atoms with E-state index in [0.29, 0.717) is 12.1 Å². The van der Waals surface area contributed by atoms with Gasteiger partial charge in [0.15, 0.2) is 0 Å². The van der Waals surface area contributed by atoms with E-state index in [1.165, 1.54) is 32.1 Å². The minimum atomic E-state index is 0.265. The molecule has 0 aromatic heterocycles. The number of hydrogen-bond acceptors (Lipinski definition) is 3. The van der Waals surface area contributed by atoms with Crippen molar-refractivity contribution < 1.29 is 0 Å². The highest BCUT2D eigenvalue weighted by molar-refractivity contribution is 4.97. The molecule has 0 aromatic carbocycles. The molecule has 84 valence electrons. The monoisotopic (exact) mass is 207 g/mol. The van der Waals surface area contributed by atoms with Crippen LogP contribution in [0, 0.1) is 17.2 Å². The van der Waals surface area contributed by atoms with Gasteiger partial charge in [0, 0.05) is 12.1 Å². The third-order valence-corrected chi connectivity index (χ3v) is 3.71. The lowest BCUT2D eigenvalue weighted by Crippen LogP contribution is -2.40. The van der Waals surface area contributed by atoms with Crippen LogP contribution in [-0.4, -0.2) is 25.2 Å². The van der Waals surface area contributed by atoms with Crippen LogP contribution in [-0.2, 0) is 0 Å². The van der Waals surface area contributed by atoms with E-state index in [0.717, 1.165) is 19.5 Å². The fraction of sp³-hybridized carbons (Fsp3) is 0.917. The summed E-state index contributed by atoms with van der Waals surface area (Å²) in [6.45, 7) is 2.28. The van der Waals surface area contributed by atoms with E-state index in [2.05, 4.69) is 16.7 Å². The van der Waals surface area contributed by atoms with Crippen molar-refractivity contribution in [3.05, 3.63) is 0 Å². The van der Waals surface area contributed by atoms with Crippen molar-refractivity contribution >= 4 is 0 Å². The molecular weight excluding hydrogens is 186 g/mol. The molecule has 2 rings (SSSR count). The Hall–Kier alpha value is -0.590. The van der Waals surface area contributed by atoms with Crippen LogP contribution in [0.25, 0.3) is 0 Å². The van der Waals surface area contributed by atoms with Crippen molar-refractivity contribution in [1.82, 2.24) is 10.6 Å². The molecule has 0 amide bonds. The van der Waals surface area contributed by atoms with Crippen molar-refractivity contribution in [2.24, 2.45) is 5.92 Å². The molecule has 1 aliphatic carbocycles. The largest absolute Gasteiger partial charge is 0.317 e. The molecule has 1 aliphatic heterocycles. The van der Waals surface area contributed by atoms with Crippen LogP contribution in [0.3, 0.4) is 0 Å². The van der Waals surface area contributed by atoms with Gasteiger partial charge in [0.05, 0.1) is 12.0 Å². The zero-order chi connectivity index (χ0) is 10.5. The molecular formula is C12H21N3. The SMILES string of the molecule is N#CC1CCCC1NC1CCCNCC1. The van der Waals surface area contributed by atoms with E-state index in [-0.39, 0.29) is 5.92 Å². The summed E-state index contributed by atoms with van der Waals surface area (Å²) in [7, 11) is 0. The third kappa shape index (κ3) is 2.93. The Bertz CT molecular complexity index is 226. The van der Waals surface area contributed by atoms with E-state index < -0.39 is 0 Å². The van der Waals surface area contributed by atoms with Gasteiger partial charge in [0.25, 0.3) is 0 Å². The molecule has 3 atom stereocenters. The number of rotatable bonds is 2. The highest BCUT2D eigenvalue weighted by Crippen LogP contribution is 2.26. The molecule has 3 unspecified atom stereocenters. The molecule has 2 N–H and O–H groups in total. The second-order valence-corrected chi connectivity index (χ2v) is 4.82. The summed E-state index contributed by atoms with van der Waals surface area (Å²) in [4.78, 5) is 0. The van der Waals surface area contributed by atoms with E-state index in [1.54, 1.807) is 0 Å². The van der Waals surface area contributed by atoms with Crippen LogP contribution < -0.4 is 10.6 Å². The molecule has 15 heavy (non-hydrogen) atoms. The summed E-state index contributed by atoms with van der Waals surface area (Å²) in [6.07, 6.45) is 7.26. The highest BCUT2D eigenvalue weighted by Gasteiger charge is 2.28.